The summed E-state index contributed by atoms with van der Waals surface area (Å²) in [4.78, 5) is 14.5. The van der Waals surface area contributed by atoms with Gasteiger partial charge in [0.1, 0.15) is 12.7 Å². The van der Waals surface area contributed by atoms with E-state index in [9.17, 15) is 4.79 Å². The van der Waals surface area contributed by atoms with Crippen LogP contribution in [0.3, 0.4) is 0 Å². The van der Waals surface area contributed by atoms with Gasteiger partial charge in [0.05, 0.1) is 0 Å². The summed E-state index contributed by atoms with van der Waals surface area (Å²) in [7, 11) is 0. The third-order valence-corrected chi connectivity index (χ3v) is 5.36. The SMILES string of the molecule is CC1(NC(=O)C2CC2)CCN(C[C@H]2COc3ccccc3O2)CC1. The number of likely N-dealkylation sites (tertiary alicyclic amines) is 1. The topological polar surface area (TPSA) is 50.8 Å². The highest BCUT2D eigenvalue weighted by atomic mass is 16.6. The van der Waals surface area contributed by atoms with Crippen LogP contribution >= 0.6 is 0 Å². The molecule has 24 heavy (non-hydrogen) atoms. The predicted octanol–water partition coefficient (Wildman–Crippen LogP) is 2.21. The van der Waals surface area contributed by atoms with E-state index in [2.05, 4.69) is 17.1 Å². The van der Waals surface area contributed by atoms with Gasteiger partial charge in [-0.3, -0.25) is 9.69 Å². The molecule has 2 aliphatic heterocycles. The highest BCUT2D eigenvalue weighted by Gasteiger charge is 2.37. The average Bonchev–Trinajstić information content (AvgIpc) is 3.42. The number of nitrogens with zero attached hydrogens (tertiary/aromatic N) is 1. The zero-order valence-corrected chi connectivity index (χ0v) is 14.3. The summed E-state index contributed by atoms with van der Waals surface area (Å²) in [6, 6.07) is 7.84. The third-order valence-electron chi connectivity index (χ3n) is 5.36. The van der Waals surface area contributed by atoms with Gasteiger partial charge in [0.15, 0.2) is 11.5 Å². The number of para-hydroxylation sites is 2. The van der Waals surface area contributed by atoms with Crippen molar-refractivity contribution in [2.24, 2.45) is 5.92 Å². The molecular formula is C19H26N2O3. The van der Waals surface area contributed by atoms with E-state index in [-0.39, 0.29) is 23.5 Å². The number of amides is 1. The molecule has 130 valence electrons. The van der Waals surface area contributed by atoms with Gasteiger partial charge >= 0.3 is 0 Å². The quantitative estimate of drug-likeness (QED) is 0.920. The van der Waals surface area contributed by atoms with E-state index in [1.54, 1.807) is 0 Å². The number of hydrogen-bond donors (Lipinski definition) is 1. The molecule has 0 radical (unpaired) electrons. The zero-order valence-electron chi connectivity index (χ0n) is 14.3. The van der Waals surface area contributed by atoms with Gasteiger partial charge in [-0.05, 0) is 44.7 Å². The van der Waals surface area contributed by atoms with Crippen molar-refractivity contribution >= 4 is 5.91 Å². The second-order valence-electron chi connectivity index (χ2n) is 7.62. The summed E-state index contributed by atoms with van der Waals surface area (Å²) in [5.41, 5.74) is -0.0489. The van der Waals surface area contributed by atoms with Gasteiger partial charge in [0.25, 0.3) is 0 Å². The number of hydrogen-bond acceptors (Lipinski definition) is 4. The normalized spacial score (nSPS) is 26.0. The van der Waals surface area contributed by atoms with Crippen LogP contribution in [0.2, 0.25) is 0 Å². The van der Waals surface area contributed by atoms with Crippen molar-refractivity contribution < 1.29 is 14.3 Å². The molecule has 0 unspecified atom stereocenters. The lowest BCUT2D eigenvalue weighted by molar-refractivity contribution is -0.124. The summed E-state index contributed by atoms with van der Waals surface area (Å²) >= 11 is 0. The van der Waals surface area contributed by atoms with Crippen LogP contribution < -0.4 is 14.8 Å². The summed E-state index contributed by atoms with van der Waals surface area (Å²) in [5, 5.41) is 3.27. The number of fused-ring (bicyclic) bond motifs is 1. The second kappa shape index (κ2) is 6.28. The van der Waals surface area contributed by atoms with E-state index in [4.69, 9.17) is 9.47 Å². The van der Waals surface area contributed by atoms with Crippen molar-refractivity contribution in [3.8, 4) is 11.5 Å². The van der Waals surface area contributed by atoms with E-state index in [1.165, 1.54) is 0 Å². The van der Waals surface area contributed by atoms with Gasteiger partial charge in [-0.25, -0.2) is 0 Å². The van der Waals surface area contributed by atoms with E-state index >= 15 is 0 Å². The van der Waals surface area contributed by atoms with Crippen LogP contribution in [0.4, 0.5) is 0 Å². The number of carbonyl (C=O) groups is 1. The summed E-state index contributed by atoms with van der Waals surface area (Å²) in [6.07, 6.45) is 4.19. The van der Waals surface area contributed by atoms with Crippen LogP contribution in [0.5, 0.6) is 11.5 Å². The van der Waals surface area contributed by atoms with E-state index in [1.807, 2.05) is 24.3 Å². The van der Waals surface area contributed by atoms with Crippen LogP contribution in [0.15, 0.2) is 24.3 Å². The standard InChI is InChI=1S/C19H26N2O3/c1-19(20-18(22)14-6-7-14)8-10-21(11-9-19)12-15-13-23-16-4-2-3-5-17(16)24-15/h2-5,14-15H,6-13H2,1H3,(H,20,22)/t15-/m0/s1. The van der Waals surface area contributed by atoms with Gasteiger partial charge < -0.3 is 14.8 Å². The van der Waals surface area contributed by atoms with Crippen LogP contribution in [0.25, 0.3) is 0 Å². The molecular weight excluding hydrogens is 304 g/mol. The first-order valence-corrected chi connectivity index (χ1v) is 9.04. The van der Waals surface area contributed by atoms with Crippen LogP contribution in [0.1, 0.15) is 32.6 Å². The largest absolute Gasteiger partial charge is 0.486 e. The van der Waals surface area contributed by atoms with E-state index in [0.29, 0.717) is 6.61 Å². The first-order chi connectivity index (χ1) is 11.6. The molecule has 2 fully saturated rings. The van der Waals surface area contributed by atoms with Gasteiger partial charge in [-0.2, -0.15) is 0 Å². The van der Waals surface area contributed by atoms with Crippen molar-refractivity contribution in [1.82, 2.24) is 10.2 Å². The molecule has 0 bridgehead atoms. The van der Waals surface area contributed by atoms with Crippen LogP contribution in [-0.2, 0) is 4.79 Å². The Labute approximate surface area is 143 Å². The Kier molecular flexibility index (Phi) is 4.12. The average molecular weight is 330 g/mol. The molecule has 1 saturated heterocycles. The molecule has 5 heteroatoms. The number of nitrogens with one attached hydrogen (secondary N) is 1. The molecule has 1 saturated carbocycles. The minimum atomic E-state index is -0.0489. The molecule has 5 nitrogen and oxygen atoms in total. The number of benzene rings is 1. The number of rotatable bonds is 4. The smallest absolute Gasteiger partial charge is 0.223 e. The number of piperidine rings is 1. The zero-order chi connectivity index (χ0) is 16.6. The third kappa shape index (κ3) is 3.51. The summed E-state index contributed by atoms with van der Waals surface area (Å²) in [5.74, 6) is 2.22. The Morgan fingerprint density at radius 1 is 1.25 bits per heavy atom. The van der Waals surface area contributed by atoms with Gasteiger partial charge in [-0.1, -0.05) is 12.1 Å². The molecule has 1 N–H and O–H groups in total. The Bertz CT molecular complexity index is 606. The van der Waals surface area contributed by atoms with Crippen LogP contribution in [-0.4, -0.2) is 48.7 Å². The molecule has 1 aromatic rings. The lowest BCUT2D eigenvalue weighted by atomic mass is 9.89. The molecule has 2 heterocycles. The summed E-state index contributed by atoms with van der Waals surface area (Å²) < 4.78 is 11.9. The lowest BCUT2D eigenvalue weighted by Crippen LogP contribution is -2.55. The fourth-order valence-electron chi connectivity index (χ4n) is 3.54. The van der Waals surface area contributed by atoms with Crippen molar-refractivity contribution in [2.75, 3.05) is 26.2 Å². The van der Waals surface area contributed by atoms with E-state index in [0.717, 1.165) is 56.8 Å². The molecule has 4 rings (SSSR count). The fourth-order valence-corrected chi connectivity index (χ4v) is 3.54. The molecule has 1 atom stereocenters. The van der Waals surface area contributed by atoms with Gasteiger partial charge in [-0.15, -0.1) is 0 Å². The molecule has 0 aromatic heterocycles. The lowest BCUT2D eigenvalue weighted by Gasteiger charge is -2.41. The molecule has 1 aliphatic carbocycles. The molecule has 1 amide bonds. The highest BCUT2D eigenvalue weighted by Crippen LogP contribution is 2.33. The minimum absolute atomic E-state index is 0.0489. The molecule has 3 aliphatic rings. The van der Waals surface area contributed by atoms with Gasteiger partial charge in [0, 0.05) is 31.1 Å². The maximum absolute atomic E-state index is 12.0. The summed E-state index contributed by atoms with van der Waals surface area (Å²) in [6.45, 7) is 5.64. The number of carbonyl (C=O) groups excluding carboxylic acids is 1. The molecule has 0 spiro atoms. The second-order valence-corrected chi connectivity index (χ2v) is 7.62. The maximum Gasteiger partial charge on any atom is 0.223 e. The highest BCUT2D eigenvalue weighted by molar-refractivity contribution is 5.81. The van der Waals surface area contributed by atoms with Crippen molar-refractivity contribution in [1.29, 1.82) is 0 Å². The minimum Gasteiger partial charge on any atom is -0.486 e. The van der Waals surface area contributed by atoms with Gasteiger partial charge in [0.2, 0.25) is 5.91 Å². The monoisotopic (exact) mass is 330 g/mol. The first kappa shape index (κ1) is 15.8. The molecule has 1 aromatic carbocycles. The van der Waals surface area contributed by atoms with E-state index < -0.39 is 0 Å². The maximum atomic E-state index is 12.0. The Morgan fingerprint density at radius 3 is 2.67 bits per heavy atom. The first-order valence-electron chi connectivity index (χ1n) is 9.04. The predicted molar refractivity (Wildman–Crippen MR) is 91.3 cm³/mol. The van der Waals surface area contributed by atoms with Crippen LogP contribution in [0, 0.1) is 5.92 Å². The Hall–Kier alpha value is -1.75. The van der Waals surface area contributed by atoms with Crippen molar-refractivity contribution in [2.45, 2.75) is 44.2 Å². The number of ether oxygens (including phenoxy) is 2. The van der Waals surface area contributed by atoms with Crippen molar-refractivity contribution in [3.05, 3.63) is 24.3 Å². The Balaban J connectivity index is 1.27. The Morgan fingerprint density at radius 2 is 1.96 bits per heavy atom. The fraction of sp³-hybridized carbons (Fsp3) is 0.632. The van der Waals surface area contributed by atoms with Crippen molar-refractivity contribution in [3.63, 3.8) is 0 Å².